The minimum atomic E-state index is -4.22. The Morgan fingerprint density at radius 3 is 2.00 bits per heavy atom. The second-order valence-corrected chi connectivity index (χ2v) is 9.30. The van der Waals surface area contributed by atoms with Crippen LogP contribution in [0.15, 0.2) is 59.5 Å². The summed E-state index contributed by atoms with van der Waals surface area (Å²) in [5, 5.41) is 0.599. The van der Waals surface area contributed by atoms with Crippen LogP contribution < -0.4 is 10.1 Å². The predicted molar refractivity (Wildman–Crippen MR) is 117 cm³/mol. The monoisotopic (exact) mass is 459 g/mol. The molecule has 0 bridgehead atoms. The van der Waals surface area contributed by atoms with Crippen LogP contribution in [-0.4, -0.2) is 74.6 Å². The molecule has 1 heterocycles. The van der Waals surface area contributed by atoms with Gasteiger partial charge in [-0.3, -0.25) is 14.4 Å². The van der Waals surface area contributed by atoms with Crippen molar-refractivity contribution >= 4 is 27.6 Å². The number of hydrogen-bond acceptors (Lipinski definition) is 6. The number of amides is 3. The summed E-state index contributed by atoms with van der Waals surface area (Å²) in [7, 11) is -2.74. The van der Waals surface area contributed by atoms with Crippen molar-refractivity contribution in [1.82, 2.24) is 15.1 Å². The molecule has 0 radical (unpaired) electrons. The quantitative estimate of drug-likeness (QED) is 0.687. The van der Waals surface area contributed by atoms with E-state index < -0.39 is 27.0 Å². The van der Waals surface area contributed by atoms with Crippen LogP contribution >= 0.6 is 0 Å². The molecule has 1 fully saturated rings. The molecule has 1 saturated heterocycles. The number of carbonyl (C=O) groups excluding carboxylic acids is 3. The van der Waals surface area contributed by atoms with E-state index in [4.69, 9.17) is 4.74 Å². The average Bonchev–Trinajstić information content (AvgIpc) is 2.82. The van der Waals surface area contributed by atoms with Gasteiger partial charge in [0.15, 0.2) is 0 Å². The van der Waals surface area contributed by atoms with Gasteiger partial charge in [0.2, 0.25) is 21.1 Å². The number of piperazine rings is 1. The fraction of sp³-hybridized carbons (Fsp3) is 0.318. The van der Waals surface area contributed by atoms with Crippen LogP contribution in [0.5, 0.6) is 5.75 Å². The molecule has 170 valence electrons. The van der Waals surface area contributed by atoms with E-state index in [1.807, 2.05) is 0 Å². The number of hydrogen-bond donors (Lipinski definition) is 1. The summed E-state index contributed by atoms with van der Waals surface area (Å²) in [6.07, 6.45) is 0. The van der Waals surface area contributed by atoms with Crippen LogP contribution in [0.3, 0.4) is 0 Å². The molecule has 0 spiro atoms. The third-order valence-corrected chi connectivity index (χ3v) is 7.13. The predicted octanol–water partition coefficient (Wildman–Crippen LogP) is 0.916. The zero-order chi connectivity index (χ0) is 23.3. The van der Waals surface area contributed by atoms with Gasteiger partial charge >= 0.3 is 0 Å². The normalized spacial score (nSPS) is 15.1. The van der Waals surface area contributed by atoms with Crippen LogP contribution in [0.2, 0.25) is 0 Å². The number of sulfone groups is 1. The second kappa shape index (κ2) is 9.82. The van der Waals surface area contributed by atoms with Crippen molar-refractivity contribution in [3.63, 3.8) is 0 Å². The van der Waals surface area contributed by atoms with E-state index in [1.165, 1.54) is 43.2 Å². The molecule has 32 heavy (non-hydrogen) atoms. The van der Waals surface area contributed by atoms with Crippen molar-refractivity contribution in [3.05, 3.63) is 60.2 Å². The minimum absolute atomic E-state index is 0.0734. The molecule has 3 rings (SSSR count). The molecule has 1 aliphatic rings. The van der Waals surface area contributed by atoms with E-state index in [9.17, 15) is 22.8 Å². The lowest BCUT2D eigenvalue weighted by molar-refractivity contribution is -0.138. The van der Waals surface area contributed by atoms with Gasteiger partial charge in [-0.2, -0.15) is 0 Å². The molecule has 0 aromatic heterocycles. The molecule has 0 saturated carbocycles. The molecule has 2 aromatic carbocycles. The molecule has 9 nitrogen and oxygen atoms in total. The first-order valence-electron chi connectivity index (χ1n) is 10.0. The summed E-state index contributed by atoms with van der Waals surface area (Å²) < 4.78 is 31.7. The van der Waals surface area contributed by atoms with Crippen molar-refractivity contribution in [1.29, 1.82) is 0 Å². The van der Waals surface area contributed by atoms with Gasteiger partial charge < -0.3 is 19.9 Å². The largest absolute Gasteiger partial charge is 0.497 e. The van der Waals surface area contributed by atoms with Gasteiger partial charge in [0, 0.05) is 38.7 Å². The smallest absolute Gasteiger partial charge is 0.261 e. The van der Waals surface area contributed by atoms with Gasteiger partial charge in [-0.25, -0.2) is 8.42 Å². The number of rotatable bonds is 6. The van der Waals surface area contributed by atoms with E-state index in [0.717, 1.165) is 0 Å². The Hall–Kier alpha value is -3.40. The van der Waals surface area contributed by atoms with E-state index in [2.05, 4.69) is 5.32 Å². The van der Waals surface area contributed by atoms with E-state index in [1.54, 1.807) is 35.2 Å². The molecule has 1 aliphatic heterocycles. The maximum atomic E-state index is 13.3. The highest BCUT2D eigenvalue weighted by Crippen LogP contribution is 2.19. The van der Waals surface area contributed by atoms with Crippen molar-refractivity contribution in [2.24, 2.45) is 0 Å². The lowest BCUT2D eigenvalue weighted by Gasteiger charge is -2.36. The van der Waals surface area contributed by atoms with Crippen LogP contribution in [0, 0.1) is 0 Å². The minimum Gasteiger partial charge on any atom is -0.497 e. The molecule has 0 aliphatic carbocycles. The lowest BCUT2D eigenvalue weighted by Crippen LogP contribution is -2.57. The summed E-state index contributed by atoms with van der Waals surface area (Å²) in [6.45, 7) is 2.39. The van der Waals surface area contributed by atoms with Gasteiger partial charge in [-0.1, -0.05) is 18.2 Å². The lowest BCUT2D eigenvalue weighted by atomic mass is 10.2. The van der Waals surface area contributed by atoms with Gasteiger partial charge in [-0.15, -0.1) is 0 Å². The zero-order valence-corrected chi connectivity index (χ0v) is 18.7. The maximum Gasteiger partial charge on any atom is 0.261 e. The fourth-order valence-corrected chi connectivity index (χ4v) is 4.86. The molecular weight excluding hydrogens is 434 g/mol. The van der Waals surface area contributed by atoms with Gasteiger partial charge in [-0.05, 0) is 36.4 Å². The third-order valence-electron chi connectivity index (χ3n) is 5.26. The van der Waals surface area contributed by atoms with Gasteiger partial charge in [0.25, 0.3) is 11.8 Å². The van der Waals surface area contributed by atoms with Crippen molar-refractivity contribution in [3.8, 4) is 5.75 Å². The van der Waals surface area contributed by atoms with Crippen molar-refractivity contribution < 1.29 is 27.5 Å². The molecule has 1 atom stereocenters. The number of nitrogens with zero attached hydrogens (tertiary/aromatic N) is 2. The molecular formula is C22H25N3O6S. The van der Waals surface area contributed by atoms with Crippen LogP contribution in [0.4, 0.5) is 0 Å². The molecule has 2 aromatic rings. The fourth-order valence-electron chi connectivity index (χ4n) is 3.37. The first-order valence-corrected chi connectivity index (χ1v) is 11.6. The Morgan fingerprint density at radius 1 is 0.906 bits per heavy atom. The Balaban J connectivity index is 1.88. The van der Waals surface area contributed by atoms with E-state index >= 15 is 0 Å². The topological polar surface area (TPSA) is 113 Å². The Bertz CT molecular complexity index is 1080. The van der Waals surface area contributed by atoms with Crippen LogP contribution in [0.1, 0.15) is 17.3 Å². The molecule has 1 N–H and O–H groups in total. The Morgan fingerprint density at radius 2 is 1.47 bits per heavy atom. The Kier molecular flexibility index (Phi) is 7.14. The van der Waals surface area contributed by atoms with Crippen molar-refractivity contribution in [2.75, 3.05) is 33.3 Å². The summed E-state index contributed by atoms with van der Waals surface area (Å²) in [5.41, 5.74) is 0.188. The highest BCUT2D eigenvalue weighted by atomic mass is 32.2. The zero-order valence-electron chi connectivity index (χ0n) is 17.9. The highest BCUT2D eigenvalue weighted by Gasteiger charge is 2.39. The average molecular weight is 460 g/mol. The standard InChI is InChI=1S/C22H25N3O6S/c1-16(26)24-12-14-25(15-13-24)22(28)21(32(29,30)19-6-4-3-5-7-19)23-20(27)17-8-10-18(31-2)11-9-17/h3-11,21H,12-15H2,1-2H3,(H,23,27)/t21-/m0/s1. The summed E-state index contributed by atoms with van der Waals surface area (Å²) >= 11 is 0. The van der Waals surface area contributed by atoms with Gasteiger partial charge in [0.05, 0.1) is 12.0 Å². The number of nitrogens with one attached hydrogen (secondary N) is 1. The summed E-state index contributed by atoms with van der Waals surface area (Å²) in [6, 6.07) is 13.6. The second-order valence-electron chi connectivity index (χ2n) is 7.27. The number of benzene rings is 2. The summed E-state index contributed by atoms with van der Waals surface area (Å²) in [4.78, 5) is 40.5. The van der Waals surface area contributed by atoms with E-state index in [-0.39, 0.29) is 29.5 Å². The first-order chi connectivity index (χ1) is 15.2. The van der Waals surface area contributed by atoms with Crippen LogP contribution in [-0.2, 0) is 19.4 Å². The van der Waals surface area contributed by atoms with Crippen molar-refractivity contribution in [2.45, 2.75) is 17.2 Å². The van der Waals surface area contributed by atoms with Gasteiger partial charge in [0.1, 0.15) is 5.75 Å². The highest BCUT2D eigenvalue weighted by molar-refractivity contribution is 7.92. The number of methoxy groups -OCH3 is 1. The van der Waals surface area contributed by atoms with E-state index in [0.29, 0.717) is 18.8 Å². The molecule has 0 unspecified atom stereocenters. The molecule has 10 heteroatoms. The maximum absolute atomic E-state index is 13.3. The summed E-state index contributed by atoms with van der Waals surface area (Å²) in [5.74, 6) is -1.01. The van der Waals surface area contributed by atoms with Crippen LogP contribution in [0.25, 0.3) is 0 Å². The third kappa shape index (κ3) is 5.08. The SMILES string of the molecule is COc1ccc(C(=O)N[C@H](C(=O)N2CCN(C(C)=O)CC2)S(=O)(=O)c2ccccc2)cc1. The number of carbonyl (C=O) groups is 3. The Labute approximate surface area is 186 Å². The molecule has 3 amide bonds. The first kappa shape index (κ1) is 23.3. The number of ether oxygens (including phenoxy) is 1.